The molecule has 3 aromatic rings. The van der Waals surface area contributed by atoms with E-state index in [4.69, 9.17) is 0 Å². The third-order valence-electron chi connectivity index (χ3n) is 3.58. The maximum absolute atomic E-state index is 13.9. The Morgan fingerprint density at radius 3 is 2.73 bits per heavy atom. The smallest absolute Gasteiger partial charge is 0.252 e. The van der Waals surface area contributed by atoms with E-state index in [0.29, 0.717) is 17.1 Å². The molecule has 128 valence electrons. The lowest BCUT2D eigenvalue weighted by molar-refractivity contribution is 0.0945. The largest absolute Gasteiger partial charge is 0.339 e. The maximum atomic E-state index is 13.9. The van der Waals surface area contributed by atoms with Gasteiger partial charge in [-0.2, -0.15) is 5.26 Å². The van der Waals surface area contributed by atoms with Gasteiger partial charge in [0.05, 0.1) is 12.3 Å². The molecule has 0 spiro atoms. The summed E-state index contributed by atoms with van der Waals surface area (Å²) in [6, 6.07) is 13.4. The van der Waals surface area contributed by atoms with Crippen molar-refractivity contribution in [2.75, 3.05) is 5.32 Å². The highest BCUT2D eigenvalue weighted by Crippen LogP contribution is 2.19. The molecule has 1 aromatic heterocycles. The number of aromatic nitrogens is 2. The number of carbonyl (C=O) groups excluding carboxylic acids is 1. The average molecular weight is 347 g/mol. The quantitative estimate of drug-likeness (QED) is 0.738. The molecular formula is C19H14FN5O. The van der Waals surface area contributed by atoms with Gasteiger partial charge in [0.15, 0.2) is 0 Å². The lowest BCUT2D eigenvalue weighted by Crippen LogP contribution is -2.28. The predicted molar refractivity (Wildman–Crippen MR) is 94.0 cm³/mol. The number of amides is 1. The van der Waals surface area contributed by atoms with Crippen LogP contribution in [0.3, 0.4) is 0 Å². The second-order valence-electron chi connectivity index (χ2n) is 5.35. The van der Waals surface area contributed by atoms with Crippen molar-refractivity contribution in [3.8, 4) is 6.07 Å². The van der Waals surface area contributed by atoms with E-state index in [-0.39, 0.29) is 5.56 Å². The monoisotopic (exact) mass is 347 g/mol. The van der Waals surface area contributed by atoms with Gasteiger partial charge in [-0.05, 0) is 24.3 Å². The molecule has 0 aliphatic carbocycles. The van der Waals surface area contributed by atoms with Crippen LogP contribution in [0.25, 0.3) is 0 Å². The number of hydrogen-bond acceptors (Lipinski definition) is 5. The van der Waals surface area contributed by atoms with Gasteiger partial charge in [0.2, 0.25) is 0 Å². The van der Waals surface area contributed by atoms with Crippen molar-refractivity contribution in [2.24, 2.45) is 0 Å². The highest BCUT2D eigenvalue weighted by Gasteiger charge is 2.18. The first-order chi connectivity index (χ1) is 12.7. The van der Waals surface area contributed by atoms with Crippen LogP contribution in [-0.2, 0) is 0 Å². The third-order valence-corrected chi connectivity index (χ3v) is 3.58. The van der Waals surface area contributed by atoms with Gasteiger partial charge in [-0.3, -0.25) is 9.78 Å². The normalized spacial score (nSPS) is 11.2. The van der Waals surface area contributed by atoms with Crippen LogP contribution in [0.2, 0.25) is 0 Å². The summed E-state index contributed by atoms with van der Waals surface area (Å²) in [5.41, 5.74) is 1.09. The first-order valence-electron chi connectivity index (χ1n) is 7.75. The zero-order chi connectivity index (χ0) is 18.4. The number of carbonyl (C=O) groups is 1. The SMILES string of the molecule is N#CC(NC(=O)c1cccc(Nc2cnccn2)c1)c1ccccc1F. The molecule has 0 saturated heterocycles. The highest BCUT2D eigenvalue weighted by atomic mass is 19.1. The third kappa shape index (κ3) is 3.99. The number of nitrogens with one attached hydrogen (secondary N) is 2. The van der Waals surface area contributed by atoms with Crippen molar-refractivity contribution in [2.45, 2.75) is 6.04 Å². The van der Waals surface area contributed by atoms with E-state index in [9.17, 15) is 14.4 Å². The van der Waals surface area contributed by atoms with Gasteiger partial charge in [0.1, 0.15) is 17.7 Å². The van der Waals surface area contributed by atoms with E-state index in [0.717, 1.165) is 0 Å². The van der Waals surface area contributed by atoms with Crippen molar-refractivity contribution in [3.63, 3.8) is 0 Å². The summed E-state index contributed by atoms with van der Waals surface area (Å²) in [5, 5.41) is 14.9. The lowest BCUT2D eigenvalue weighted by Gasteiger charge is -2.13. The summed E-state index contributed by atoms with van der Waals surface area (Å²) in [4.78, 5) is 20.5. The molecule has 0 bridgehead atoms. The molecule has 0 aliphatic rings. The van der Waals surface area contributed by atoms with Gasteiger partial charge < -0.3 is 10.6 Å². The standard InChI is InChI=1S/C19H14FN5O/c20-16-7-2-1-6-15(16)17(11-21)25-19(26)13-4-3-5-14(10-13)24-18-12-22-8-9-23-18/h1-10,12,17H,(H,23,24)(H,25,26). The van der Waals surface area contributed by atoms with Crippen LogP contribution in [0, 0.1) is 17.1 Å². The number of anilines is 2. The van der Waals surface area contributed by atoms with Gasteiger partial charge in [0, 0.05) is 29.2 Å². The Labute approximate surface area is 149 Å². The minimum Gasteiger partial charge on any atom is -0.339 e. The minimum absolute atomic E-state index is 0.122. The second-order valence-corrected chi connectivity index (χ2v) is 5.35. The zero-order valence-electron chi connectivity index (χ0n) is 13.6. The number of benzene rings is 2. The van der Waals surface area contributed by atoms with E-state index < -0.39 is 17.8 Å². The molecule has 1 atom stereocenters. The van der Waals surface area contributed by atoms with Crippen molar-refractivity contribution < 1.29 is 9.18 Å². The van der Waals surface area contributed by atoms with Gasteiger partial charge in [-0.25, -0.2) is 9.37 Å². The van der Waals surface area contributed by atoms with Gasteiger partial charge in [0.25, 0.3) is 5.91 Å². The summed E-state index contributed by atoms with van der Waals surface area (Å²) >= 11 is 0. The summed E-state index contributed by atoms with van der Waals surface area (Å²) in [6.07, 6.45) is 4.65. The van der Waals surface area contributed by atoms with E-state index >= 15 is 0 Å². The number of nitriles is 1. The van der Waals surface area contributed by atoms with Crippen LogP contribution in [0.5, 0.6) is 0 Å². The lowest BCUT2D eigenvalue weighted by atomic mass is 10.1. The Hall–Kier alpha value is -3.79. The molecule has 1 heterocycles. The van der Waals surface area contributed by atoms with Crippen molar-refractivity contribution in [1.82, 2.24) is 15.3 Å². The predicted octanol–water partition coefficient (Wildman–Crippen LogP) is 3.35. The summed E-state index contributed by atoms with van der Waals surface area (Å²) in [7, 11) is 0. The molecule has 0 aliphatic heterocycles. The summed E-state index contributed by atoms with van der Waals surface area (Å²) in [6.45, 7) is 0. The molecule has 1 amide bonds. The van der Waals surface area contributed by atoms with Gasteiger partial charge in [-0.15, -0.1) is 0 Å². The van der Waals surface area contributed by atoms with Crippen LogP contribution in [-0.4, -0.2) is 15.9 Å². The fourth-order valence-electron chi connectivity index (χ4n) is 2.35. The Morgan fingerprint density at radius 1 is 1.15 bits per heavy atom. The molecule has 6 nitrogen and oxygen atoms in total. The first-order valence-corrected chi connectivity index (χ1v) is 7.75. The minimum atomic E-state index is -1.08. The Kier molecular flexibility index (Phi) is 5.15. The molecule has 3 rings (SSSR count). The summed E-state index contributed by atoms with van der Waals surface area (Å²) < 4.78 is 13.9. The van der Waals surface area contributed by atoms with Crippen LogP contribution in [0.15, 0.2) is 67.1 Å². The molecule has 0 radical (unpaired) electrons. The van der Waals surface area contributed by atoms with Gasteiger partial charge in [-0.1, -0.05) is 24.3 Å². The molecule has 7 heteroatoms. The fourth-order valence-corrected chi connectivity index (χ4v) is 2.35. The first kappa shape index (κ1) is 17.0. The topological polar surface area (TPSA) is 90.7 Å². The van der Waals surface area contributed by atoms with Crippen molar-refractivity contribution >= 4 is 17.4 Å². The van der Waals surface area contributed by atoms with Crippen LogP contribution in [0.1, 0.15) is 22.0 Å². The molecular weight excluding hydrogens is 333 g/mol. The van der Waals surface area contributed by atoms with E-state index in [1.807, 2.05) is 6.07 Å². The van der Waals surface area contributed by atoms with E-state index in [2.05, 4.69) is 20.6 Å². The Morgan fingerprint density at radius 2 is 2.00 bits per heavy atom. The van der Waals surface area contributed by atoms with Crippen LogP contribution in [0.4, 0.5) is 15.9 Å². The van der Waals surface area contributed by atoms with Crippen molar-refractivity contribution in [3.05, 3.63) is 84.1 Å². The number of halogens is 1. The van der Waals surface area contributed by atoms with Crippen LogP contribution < -0.4 is 10.6 Å². The Bertz CT molecular complexity index is 955. The van der Waals surface area contributed by atoms with E-state index in [1.54, 1.807) is 48.9 Å². The number of hydrogen-bond donors (Lipinski definition) is 2. The molecule has 0 fully saturated rings. The fraction of sp³-hybridized carbons (Fsp3) is 0.0526. The maximum Gasteiger partial charge on any atom is 0.252 e. The van der Waals surface area contributed by atoms with Crippen molar-refractivity contribution in [1.29, 1.82) is 5.26 Å². The van der Waals surface area contributed by atoms with E-state index in [1.165, 1.54) is 18.2 Å². The zero-order valence-corrected chi connectivity index (χ0v) is 13.6. The molecule has 2 N–H and O–H groups in total. The molecule has 0 saturated carbocycles. The molecule has 26 heavy (non-hydrogen) atoms. The number of rotatable bonds is 5. The number of nitrogens with zero attached hydrogens (tertiary/aromatic N) is 3. The summed E-state index contributed by atoms with van der Waals surface area (Å²) in [5.74, 6) is -0.494. The second kappa shape index (κ2) is 7.85. The highest BCUT2D eigenvalue weighted by molar-refractivity contribution is 5.95. The van der Waals surface area contributed by atoms with Crippen LogP contribution >= 0.6 is 0 Å². The van der Waals surface area contributed by atoms with Gasteiger partial charge >= 0.3 is 0 Å². The molecule has 2 aromatic carbocycles. The molecule has 1 unspecified atom stereocenters. The Balaban J connectivity index is 1.76. The average Bonchev–Trinajstić information content (AvgIpc) is 2.67.